The van der Waals surface area contributed by atoms with Gasteiger partial charge in [0.15, 0.2) is 0 Å². The highest BCUT2D eigenvalue weighted by molar-refractivity contribution is 9.10. The number of hydrogen-bond acceptors (Lipinski definition) is 3. The lowest BCUT2D eigenvalue weighted by Gasteiger charge is -2.09. The topological polar surface area (TPSA) is 39.4 Å². The number of hydrogen-bond donors (Lipinski definition) is 0. The Balaban J connectivity index is 2.41. The highest BCUT2D eigenvalue weighted by atomic mass is 79.9. The van der Waals surface area contributed by atoms with Gasteiger partial charge in [0.25, 0.3) is 0 Å². The van der Waals surface area contributed by atoms with Crippen molar-refractivity contribution >= 4 is 26.9 Å². The van der Waals surface area contributed by atoms with Gasteiger partial charge in [-0.1, -0.05) is 30.3 Å². The van der Waals surface area contributed by atoms with Crippen molar-refractivity contribution in [2.75, 3.05) is 7.11 Å². The van der Waals surface area contributed by atoms with E-state index < -0.39 is 5.63 Å². The van der Waals surface area contributed by atoms with Crippen LogP contribution in [0.2, 0.25) is 0 Å². The highest BCUT2D eigenvalue weighted by Gasteiger charge is 2.14. The molecule has 0 N–H and O–H groups in total. The van der Waals surface area contributed by atoms with E-state index in [9.17, 15) is 4.79 Å². The molecular formula is C16H11BrO3. The smallest absolute Gasteiger partial charge is 0.351 e. The Morgan fingerprint density at radius 3 is 2.55 bits per heavy atom. The number of halogens is 1. The minimum absolute atomic E-state index is 0.399. The standard InChI is InChI=1S/C16H11BrO3/c1-19-11-7-8-12-13(9-11)20-16(18)15(17)14(12)10-5-3-2-4-6-10/h2-9H,1H3. The summed E-state index contributed by atoms with van der Waals surface area (Å²) >= 11 is 3.34. The van der Waals surface area contributed by atoms with Crippen LogP contribution in [0.1, 0.15) is 0 Å². The summed E-state index contributed by atoms with van der Waals surface area (Å²) in [5.41, 5.74) is 1.91. The zero-order valence-corrected chi connectivity index (χ0v) is 12.3. The molecule has 1 heterocycles. The molecule has 0 unspecified atom stereocenters. The lowest BCUT2D eigenvalue weighted by molar-refractivity contribution is 0.414. The second-order valence-electron chi connectivity index (χ2n) is 4.31. The van der Waals surface area contributed by atoms with Crippen LogP contribution < -0.4 is 10.4 Å². The van der Waals surface area contributed by atoms with E-state index in [0.717, 1.165) is 16.5 Å². The molecule has 0 aliphatic carbocycles. The Kier molecular flexibility index (Phi) is 3.32. The van der Waals surface area contributed by atoms with Gasteiger partial charge in [-0.05, 0) is 33.6 Å². The monoisotopic (exact) mass is 330 g/mol. The molecule has 100 valence electrons. The third-order valence-electron chi connectivity index (χ3n) is 3.12. The highest BCUT2D eigenvalue weighted by Crippen LogP contribution is 2.34. The Morgan fingerprint density at radius 2 is 1.85 bits per heavy atom. The average molecular weight is 331 g/mol. The SMILES string of the molecule is COc1ccc2c(-c3ccccc3)c(Br)c(=O)oc2c1. The molecule has 0 saturated carbocycles. The molecule has 0 amide bonds. The molecule has 2 aromatic carbocycles. The van der Waals surface area contributed by atoms with E-state index >= 15 is 0 Å². The zero-order chi connectivity index (χ0) is 14.1. The predicted octanol–water partition coefficient (Wildman–Crippen LogP) is 4.23. The molecule has 0 spiro atoms. The molecule has 0 fully saturated rings. The van der Waals surface area contributed by atoms with E-state index in [1.54, 1.807) is 13.2 Å². The number of ether oxygens (including phenoxy) is 1. The first-order valence-corrected chi connectivity index (χ1v) is 6.86. The van der Waals surface area contributed by atoms with E-state index in [4.69, 9.17) is 9.15 Å². The maximum Gasteiger partial charge on any atom is 0.351 e. The minimum Gasteiger partial charge on any atom is -0.497 e. The lowest BCUT2D eigenvalue weighted by Crippen LogP contribution is -2.02. The van der Waals surface area contributed by atoms with E-state index in [2.05, 4.69) is 15.9 Å². The molecular weight excluding hydrogens is 320 g/mol. The molecule has 4 heteroatoms. The van der Waals surface area contributed by atoms with Crippen LogP contribution in [0.3, 0.4) is 0 Å². The zero-order valence-electron chi connectivity index (χ0n) is 10.7. The molecule has 0 bridgehead atoms. The molecule has 20 heavy (non-hydrogen) atoms. The van der Waals surface area contributed by atoms with E-state index in [1.807, 2.05) is 42.5 Å². The lowest BCUT2D eigenvalue weighted by atomic mass is 10.0. The van der Waals surface area contributed by atoms with Crippen LogP contribution in [0.4, 0.5) is 0 Å². The average Bonchev–Trinajstić information content (AvgIpc) is 2.49. The number of fused-ring (bicyclic) bond motifs is 1. The fourth-order valence-electron chi connectivity index (χ4n) is 2.17. The van der Waals surface area contributed by atoms with Gasteiger partial charge >= 0.3 is 5.63 Å². The Morgan fingerprint density at radius 1 is 1.10 bits per heavy atom. The van der Waals surface area contributed by atoms with Crippen molar-refractivity contribution in [3.05, 3.63) is 63.4 Å². The van der Waals surface area contributed by atoms with Gasteiger partial charge < -0.3 is 9.15 Å². The molecule has 3 aromatic rings. The predicted molar refractivity (Wildman–Crippen MR) is 82.2 cm³/mol. The van der Waals surface area contributed by atoms with E-state index in [1.165, 1.54) is 0 Å². The molecule has 3 rings (SSSR count). The third kappa shape index (κ3) is 2.12. The van der Waals surface area contributed by atoms with Crippen LogP contribution >= 0.6 is 15.9 Å². The Hall–Kier alpha value is -2.07. The van der Waals surface area contributed by atoms with Crippen LogP contribution in [-0.2, 0) is 0 Å². The fourth-order valence-corrected chi connectivity index (χ4v) is 2.70. The van der Waals surface area contributed by atoms with Gasteiger partial charge in [0.2, 0.25) is 0 Å². The summed E-state index contributed by atoms with van der Waals surface area (Å²) in [7, 11) is 1.58. The van der Waals surface area contributed by atoms with Gasteiger partial charge in [-0.2, -0.15) is 0 Å². The van der Waals surface area contributed by atoms with Gasteiger partial charge in [-0.15, -0.1) is 0 Å². The van der Waals surface area contributed by atoms with Crippen LogP contribution in [0.15, 0.2) is 62.2 Å². The largest absolute Gasteiger partial charge is 0.497 e. The number of rotatable bonds is 2. The van der Waals surface area contributed by atoms with E-state index in [-0.39, 0.29) is 0 Å². The van der Waals surface area contributed by atoms with Gasteiger partial charge in [0.1, 0.15) is 15.8 Å². The summed E-state index contributed by atoms with van der Waals surface area (Å²) in [6.07, 6.45) is 0. The van der Waals surface area contributed by atoms with Crippen molar-refractivity contribution in [2.24, 2.45) is 0 Å². The van der Waals surface area contributed by atoms with Gasteiger partial charge in [-0.3, -0.25) is 0 Å². The van der Waals surface area contributed by atoms with Crippen molar-refractivity contribution in [1.29, 1.82) is 0 Å². The van der Waals surface area contributed by atoms with Crippen molar-refractivity contribution < 1.29 is 9.15 Å². The van der Waals surface area contributed by atoms with Gasteiger partial charge in [0.05, 0.1) is 7.11 Å². The molecule has 0 atom stereocenters. The maximum absolute atomic E-state index is 12.0. The van der Waals surface area contributed by atoms with Crippen LogP contribution in [0, 0.1) is 0 Å². The first-order chi connectivity index (χ1) is 9.70. The van der Waals surface area contributed by atoms with Crippen molar-refractivity contribution in [3.63, 3.8) is 0 Å². The molecule has 0 radical (unpaired) electrons. The quantitative estimate of drug-likeness (QED) is 0.660. The molecule has 1 aromatic heterocycles. The number of methoxy groups -OCH3 is 1. The van der Waals surface area contributed by atoms with Gasteiger partial charge in [-0.25, -0.2) is 4.79 Å². The first-order valence-electron chi connectivity index (χ1n) is 6.06. The molecule has 0 aliphatic rings. The molecule has 0 aliphatic heterocycles. The summed E-state index contributed by atoms with van der Waals surface area (Å²) in [6.45, 7) is 0. The Bertz CT molecular complexity index is 822. The van der Waals surface area contributed by atoms with Gasteiger partial charge in [0, 0.05) is 17.0 Å². The Labute approximate surface area is 123 Å². The van der Waals surface area contributed by atoms with Crippen LogP contribution in [-0.4, -0.2) is 7.11 Å². The van der Waals surface area contributed by atoms with Crippen molar-refractivity contribution in [2.45, 2.75) is 0 Å². The second-order valence-corrected chi connectivity index (χ2v) is 5.10. The summed E-state index contributed by atoms with van der Waals surface area (Å²) in [5, 5.41) is 0.864. The van der Waals surface area contributed by atoms with Crippen LogP contribution in [0.5, 0.6) is 5.75 Å². The third-order valence-corrected chi connectivity index (χ3v) is 3.84. The summed E-state index contributed by atoms with van der Waals surface area (Å²) in [4.78, 5) is 12.0. The van der Waals surface area contributed by atoms with Crippen molar-refractivity contribution in [3.8, 4) is 16.9 Å². The molecule has 0 saturated heterocycles. The molecule has 3 nitrogen and oxygen atoms in total. The van der Waals surface area contributed by atoms with Crippen molar-refractivity contribution in [1.82, 2.24) is 0 Å². The summed E-state index contributed by atoms with van der Waals surface area (Å²) in [6, 6.07) is 15.2. The normalized spacial score (nSPS) is 10.7. The van der Waals surface area contributed by atoms with Crippen LogP contribution in [0.25, 0.3) is 22.1 Å². The second kappa shape index (κ2) is 5.13. The summed E-state index contributed by atoms with van der Waals surface area (Å²) < 4.78 is 10.9. The minimum atomic E-state index is -0.399. The fraction of sp³-hybridized carbons (Fsp3) is 0.0625. The summed E-state index contributed by atoms with van der Waals surface area (Å²) in [5.74, 6) is 0.655. The van der Waals surface area contributed by atoms with E-state index in [0.29, 0.717) is 15.8 Å². The maximum atomic E-state index is 12.0. The number of benzene rings is 2. The first kappa shape index (κ1) is 12.9.